The molecule has 5 nitrogen and oxygen atoms in total. The highest BCUT2D eigenvalue weighted by molar-refractivity contribution is 5.86. The average molecular weight is 339 g/mol. The number of rotatable bonds is 5. The van der Waals surface area contributed by atoms with Crippen LogP contribution >= 0.6 is 0 Å². The van der Waals surface area contributed by atoms with Crippen LogP contribution in [0.4, 0.5) is 0 Å². The molecule has 1 unspecified atom stereocenters. The molecule has 0 saturated carbocycles. The third kappa shape index (κ3) is 4.25. The topological polar surface area (TPSA) is 55.8 Å². The SMILES string of the molecule is C[C@H]1OCC(=O)N(Cc2ccccc2)C1C(=O)OCc1ccccc1. The van der Waals surface area contributed by atoms with E-state index >= 15 is 0 Å². The van der Waals surface area contributed by atoms with Crippen molar-refractivity contribution >= 4 is 11.9 Å². The van der Waals surface area contributed by atoms with E-state index in [1.807, 2.05) is 60.7 Å². The number of benzene rings is 2. The lowest BCUT2D eigenvalue weighted by Crippen LogP contribution is -2.57. The Bertz CT molecular complexity index is 717. The molecule has 25 heavy (non-hydrogen) atoms. The quantitative estimate of drug-likeness (QED) is 0.786. The van der Waals surface area contributed by atoms with Crippen molar-refractivity contribution in [3.63, 3.8) is 0 Å². The highest BCUT2D eigenvalue weighted by Crippen LogP contribution is 2.20. The van der Waals surface area contributed by atoms with Gasteiger partial charge in [-0.1, -0.05) is 60.7 Å². The Morgan fingerprint density at radius 3 is 2.32 bits per heavy atom. The van der Waals surface area contributed by atoms with E-state index in [0.29, 0.717) is 6.54 Å². The van der Waals surface area contributed by atoms with Gasteiger partial charge in [0.1, 0.15) is 13.2 Å². The van der Waals surface area contributed by atoms with Crippen LogP contribution in [0.2, 0.25) is 0 Å². The summed E-state index contributed by atoms with van der Waals surface area (Å²) in [6.45, 7) is 2.31. The van der Waals surface area contributed by atoms with Gasteiger partial charge in [0.05, 0.1) is 6.10 Å². The van der Waals surface area contributed by atoms with Crippen LogP contribution in [0.3, 0.4) is 0 Å². The summed E-state index contributed by atoms with van der Waals surface area (Å²) in [5, 5.41) is 0. The summed E-state index contributed by atoms with van der Waals surface area (Å²) in [7, 11) is 0. The zero-order valence-electron chi connectivity index (χ0n) is 14.1. The van der Waals surface area contributed by atoms with Crippen molar-refractivity contribution in [1.82, 2.24) is 4.90 Å². The maximum Gasteiger partial charge on any atom is 0.331 e. The first-order valence-corrected chi connectivity index (χ1v) is 8.30. The number of ether oxygens (including phenoxy) is 2. The van der Waals surface area contributed by atoms with Gasteiger partial charge in [0, 0.05) is 6.54 Å². The van der Waals surface area contributed by atoms with Crippen molar-refractivity contribution in [3.05, 3.63) is 71.8 Å². The molecule has 1 amide bonds. The molecular formula is C20H21NO4. The van der Waals surface area contributed by atoms with Crippen LogP contribution in [0.1, 0.15) is 18.1 Å². The fourth-order valence-electron chi connectivity index (χ4n) is 2.88. The van der Waals surface area contributed by atoms with E-state index in [4.69, 9.17) is 9.47 Å². The number of esters is 1. The second-order valence-electron chi connectivity index (χ2n) is 6.06. The first-order chi connectivity index (χ1) is 12.1. The van der Waals surface area contributed by atoms with Crippen LogP contribution in [0.15, 0.2) is 60.7 Å². The monoisotopic (exact) mass is 339 g/mol. The predicted octanol–water partition coefficient (Wildman–Crippen LogP) is 2.55. The van der Waals surface area contributed by atoms with Gasteiger partial charge in [-0.3, -0.25) is 4.79 Å². The summed E-state index contributed by atoms with van der Waals surface area (Å²) in [4.78, 5) is 26.5. The molecule has 2 aromatic rings. The van der Waals surface area contributed by atoms with Crippen LogP contribution in [-0.4, -0.2) is 35.5 Å². The fraction of sp³-hybridized carbons (Fsp3) is 0.300. The van der Waals surface area contributed by atoms with E-state index < -0.39 is 18.1 Å². The lowest BCUT2D eigenvalue weighted by Gasteiger charge is -2.38. The first kappa shape index (κ1) is 17.2. The zero-order valence-corrected chi connectivity index (χ0v) is 14.1. The molecule has 3 rings (SSSR count). The summed E-state index contributed by atoms with van der Waals surface area (Å²) >= 11 is 0. The van der Waals surface area contributed by atoms with E-state index in [2.05, 4.69) is 0 Å². The van der Waals surface area contributed by atoms with Gasteiger partial charge in [-0.25, -0.2) is 4.79 Å². The molecule has 0 bridgehead atoms. The molecule has 0 aliphatic carbocycles. The second kappa shape index (κ2) is 7.94. The lowest BCUT2D eigenvalue weighted by atomic mass is 10.1. The molecule has 2 atom stereocenters. The molecule has 5 heteroatoms. The molecule has 1 heterocycles. The van der Waals surface area contributed by atoms with Gasteiger partial charge in [-0.15, -0.1) is 0 Å². The maximum absolute atomic E-state index is 12.6. The number of nitrogens with zero attached hydrogens (tertiary/aromatic N) is 1. The van der Waals surface area contributed by atoms with E-state index in [-0.39, 0.29) is 19.1 Å². The van der Waals surface area contributed by atoms with E-state index in [0.717, 1.165) is 11.1 Å². The number of amides is 1. The highest BCUT2D eigenvalue weighted by Gasteiger charge is 2.40. The Morgan fingerprint density at radius 1 is 1.08 bits per heavy atom. The van der Waals surface area contributed by atoms with Crippen molar-refractivity contribution in [2.24, 2.45) is 0 Å². The Balaban J connectivity index is 1.72. The Labute approximate surface area is 147 Å². The minimum Gasteiger partial charge on any atom is -0.459 e. The molecule has 2 aromatic carbocycles. The van der Waals surface area contributed by atoms with Crippen LogP contribution in [0.25, 0.3) is 0 Å². The van der Waals surface area contributed by atoms with Crippen LogP contribution in [-0.2, 0) is 32.2 Å². The second-order valence-corrected chi connectivity index (χ2v) is 6.06. The molecule has 0 N–H and O–H groups in total. The maximum atomic E-state index is 12.6. The molecular weight excluding hydrogens is 318 g/mol. The molecule has 0 aromatic heterocycles. The third-order valence-electron chi connectivity index (χ3n) is 4.23. The molecule has 1 saturated heterocycles. The minimum atomic E-state index is -0.745. The number of morpholine rings is 1. The average Bonchev–Trinajstić information content (AvgIpc) is 2.65. The van der Waals surface area contributed by atoms with Gasteiger partial charge in [0.25, 0.3) is 0 Å². The van der Waals surface area contributed by atoms with Crippen molar-refractivity contribution < 1.29 is 19.1 Å². The molecule has 1 aliphatic rings. The summed E-state index contributed by atoms with van der Waals surface area (Å²) in [5.74, 6) is -0.649. The number of hydrogen-bond donors (Lipinski definition) is 0. The summed E-state index contributed by atoms with van der Waals surface area (Å²) in [6, 6.07) is 18.3. The van der Waals surface area contributed by atoms with Crippen molar-refractivity contribution in [2.45, 2.75) is 32.2 Å². The molecule has 1 fully saturated rings. The number of carbonyl (C=O) groups is 2. The predicted molar refractivity (Wildman–Crippen MR) is 92.4 cm³/mol. The highest BCUT2D eigenvalue weighted by atomic mass is 16.5. The van der Waals surface area contributed by atoms with E-state index in [1.165, 1.54) is 0 Å². The van der Waals surface area contributed by atoms with Gasteiger partial charge in [-0.05, 0) is 18.1 Å². The standard InChI is InChI=1S/C20H21NO4/c1-15-19(20(23)25-13-17-10-6-3-7-11-17)21(18(22)14-24-15)12-16-8-4-2-5-9-16/h2-11,15,19H,12-14H2,1H3/t15-,19?/m1/s1. The van der Waals surface area contributed by atoms with Crippen molar-refractivity contribution in [3.8, 4) is 0 Å². The van der Waals surface area contributed by atoms with Gasteiger partial charge >= 0.3 is 5.97 Å². The Hall–Kier alpha value is -2.66. The largest absolute Gasteiger partial charge is 0.459 e. The molecule has 1 aliphatic heterocycles. The minimum absolute atomic E-state index is 0.0174. The number of hydrogen-bond acceptors (Lipinski definition) is 4. The molecule has 0 radical (unpaired) electrons. The fourth-order valence-corrected chi connectivity index (χ4v) is 2.88. The van der Waals surface area contributed by atoms with Crippen molar-refractivity contribution in [2.75, 3.05) is 6.61 Å². The summed E-state index contributed by atoms with van der Waals surface area (Å²) < 4.78 is 10.9. The molecule has 0 spiro atoms. The van der Waals surface area contributed by atoms with Crippen LogP contribution in [0.5, 0.6) is 0 Å². The van der Waals surface area contributed by atoms with Gasteiger partial charge in [0.15, 0.2) is 6.04 Å². The summed E-state index contributed by atoms with van der Waals surface area (Å²) in [6.07, 6.45) is -0.412. The van der Waals surface area contributed by atoms with Crippen molar-refractivity contribution in [1.29, 1.82) is 0 Å². The van der Waals surface area contributed by atoms with Crippen LogP contribution in [0, 0.1) is 0 Å². The Kier molecular flexibility index (Phi) is 5.46. The first-order valence-electron chi connectivity index (χ1n) is 8.30. The Morgan fingerprint density at radius 2 is 1.68 bits per heavy atom. The number of carbonyl (C=O) groups excluding carboxylic acids is 2. The zero-order chi connectivity index (χ0) is 17.6. The van der Waals surface area contributed by atoms with Gasteiger partial charge in [0.2, 0.25) is 5.91 Å². The van der Waals surface area contributed by atoms with Gasteiger partial charge < -0.3 is 14.4 Å². The lowest BCUT2D eigenvalue weighted by molar-refractivity contribution is -0.175. The van der Waals surface area contributed by atoms with E-state index in [9.17, 15) is 9.59 Å². The smallest absolute Gasteiger partial charge is 0.331 e. The third-order valence-corrected chi connectivity index (χ3v) is 4.23. The van der Waals surface area contributed by atoms with E-state index in [1.54, 1.807) is 11.8 Å². The summed E-state index contributed by atoms with van der Waals surface area (Å²) in [5.41, 5.74) is 1.87. The normalized spacial score (nSPS) is 20.4. The van der Waals surface area contributed by atoms with Gasteiger partial charge in [-0.2, -0.15) is 0 Å². The van der Waals surface area contributed by atoms with Crippen LogP contribution < -0.4 is 0 Å². The molecule has 130 valence electrons.